The maximum atomic E-state index is 12.8. The summed E-state index contributed by atoms with van der Waals surface area (Å²) in [6, 6.07) is 14.0. The summed E-state index contributed by atoms with van der Waals surface area (Å²) in [5.41, 5.74) is 2.38. The summed E-state index contributed by atoms with van der Waals surface area (Å²) in [5.74, 6) is -1.55. The van der Waals surface area contributed by atoms with Crippen LogP contribution in [0.2, 0.25) is 0 Å². The normalized spacial score (nSPS) is 12.9. The number of aromatic nitrogens is 1. The lowest BCUT2D eigenvalue weighted by atomic mass is 10.0. The lowest BCUT2D eigenvalue weighted by Gasteiger charge is -2.25. The van der Waals surface area contributed by atoms with Crippen LogP contribution in [0.3, 0.4) is 0 Å². The molecule has 1 aromatic heterocycles. The van der Waals surface area contributed by atoms with Gasteiger partial charge in [0.15, 0.2) is 6.10 Å². The van der Waals surface area contributed by atoms with Crippen molar-refractivity contribution >= 4 is 39.3 Å². The van der Waals surface area contributed by atoms with Crippen molar-refractivity contribution in [2.75, 3.05) is 7.05 Å². The predicted molar refractivity (Wildman–Crippen MR) is 129 cm³/mol. The number of carbonyl (C=O) groups excluding carboxylic acids is 3. The van der Waals surface area contributed by atoms with E-state index < -0.39 is 18.1 Å². The number of nitrogens with one attached hydrogen (secondary N) is 1. The van der Waals surface area contributed by atoms with E-state index in [1.54, 1.807) is 19.2 Å². The van der Waals surface area contributed by atoms with Crippen LogP contribution >= 0.6 is 11.3 Å². The summed E-state index contributed by atoms with van der Waals surface area (Å²) in [7, 11) is 1.65. The quantitative estimate of drug-likeness (QED) is 0.507. The monoisotopic (exact) mass is 467 g/mol. The molecule has 0 saturated heterocycles. The van der Waals surface area contributed by atoms with Crippen LogP contribution in [0, 0.1) is 12.8 Å². The standard InChI is InChI=1S/C25H29N3O4S/c1-15(2)22(27-23(29)18-12-10-16(3)11-13-18)25(31)32-17(4)24(30)28(5)14-21-26-19-8-6-7-9-20(19)33-21/h6-13,15,17,22H,14H2,1-5H3,(H,27,29)/t17?,22-/m0/s1. The number of para-hydroxylation sites is 1. The number of hydrogen-bond acceptors (Lipinski definition) is 6. The van der Waals surface area contributed by atoms with Gasteiger partial charge in [0.25, 0.3) is 11.8 Å². The molecule has 33 heavy (non-hydrogen) atoms. The second-order valence-electron chi connectivity index (χ2n) is 8.41. The fourth-order valence-electron chi connectivity index (χ4n) is 3.30. The van der Waals surface area contributed by atoms with E-state index in [4.69, 9.17) is 4.74 Å². The second-order valence-corrected chi connectivity index (χ2v) is 9.53. The lowest BCUT2D eigenvalue weighted by Crippen LogP contribution is -2.47. The number of nitrogens with zero attached hydrogens (tertiary/aromatic N) is 2. The molecule has 0 aliphatic carbocycles. The smallest absolute Gasteiger partial charge is 0.329 e. The number of benzene rings is 2. The Morgan fingerprint density at radius 1 is 1.06 bits per heavy atom. The van der Waals surface area contributed by atoms with Crippen LogP contribution in [0.4, 0.5) is 0 Å². The molecular formula is C25H29N3O4S. The Bertz CT molecular complexity index is 1110. The molecule has 1 N–H and O–H groups in total. The summed E-state index contributed by atoms with van der Waals surface area (Å²) in [5, 5.41) is 3.54. The highest BCUT2D eigenvalue weighted by Crippen LogP contribution is 2.22. The van der Waals surface area contributed by atoms with E-state index in [-0.39, 0.29) is 17.7 Å². The molecule has 2 amide bonds. The zero-order chi connectivity index (χ0) is 24.1. The Morgan fingerprint density at radius 3 is 2.36 bits per heavy atom. The summed E-state index contributed by atoms with van der Waals surface area (Å²) < 4.78 is 6.50. The van der Waals surface area contributed by atoms with E-state index in [1.807, 2.05) is 57.2 Å². The maximum absolute atomic E-state index is 12.8. The van der Waals surface area contributed by atoms with Gasteiger partial charge >= 0.3 is 5.97 Å². The van der Waals surface area contributed by atoms with Crippen molar-refractivity contribution < 1.29 is 19.1 Å². The molecule has 0 radical (unpaired) electrons. The molecule has 0 spiro atoms. The topological polar surface area (TPSA) is 88.6 Å². The van der Waals surface area contributed by atoms with E-state index in [9.17, 15) is 14.4 Å². The highest BCUT2D eigenvalue weighted by molar-refractivity contribution is 7.18. The molecule has 0 saturated carbocycles. The molecule has 0 aliphatic rings. The van der Waals surface area contributed by atoms with E-state index in [0.717, 1.165) is 20.8 Å². The third-order valence-electron chi connectivity index (χ3n) is 5.25. The average Bonchev–Trinajstić information content (AvgIpc) is 3.19. The largest absolute Gasteiger partial charge is 0.451 e. The van der Waals surface area contributed by atoms with Crippen LogP contribution < -0.4 is 5.32 Å². The maximum Gasteiger partial charge on any atom is 0.329 e. The minimum atomic E-state index is -0.991. The Morgan fingerprint density at radius 2 is 1.73 bits per heavy atom. The molecule has 0 aliphatic heterocycles. The van der Waals surface area contributed by atoms with E-state index >= 15 is 0 Å². The van der Waals surface area contributed by atoms with Crippen LogP contribution in [0.25, 0.3) is 10.2 Å². The van der Waals surface area contributed by atoms with E-state index in [1.165, 1.54) is 23.2 Å². The SMILES string of the molecule is Cc1ccc(C(=O)N[C@H](C(=O)OC(C)C(=O)N(C)Cc2nc3ccccc3s2)C(C)C)cc1. The number of hydrogen-bond donors (Lipinski definition) is 1. The molecule has 174 valence electrons. The molecule has 1 heterocycles. The minimum absolute atomic E-state index is 0.213. The number of aryl methyl sites for hydroxylation is 1. The van der Waals surface area contributed by atoms with E-state index in [0.29, 0.717) is 12.1 Å². The summed E-state index contributed by atoms with van der Waals surface area (Å²) in [6.45, 7) is 7.41. The number of amides is 2. The van der Waals surface area contributed by atoms with Crippen LogP contribution in [-0.2, 0) is 20.9 Å². The van der Waals surface area contributed by atoms with E-state index in [2.05, 4.69) is 10.3 Å². The Labute approximate surface area is 197 Å². The van der Waals surface area contributed by atoms with Crippen molar-refractivity contribution in [3.05, 3.63) is 64.7 Å². The molecule has 1 unspecified atom stereocenters. The lowest BCUT2D eigenvalue weighted by molar-refractivity contribution is -0.161. The zero-order valence-corrected chi connectivity index (χ0v) is 20.3. The fourth-order valence-corrected chi connectivity index (χ4v) is 4.32. The van der Waals surface area contributed by atoms with Crippen LogP contribution in [-0.4, -0.2) is 46.9 Å². The van der Waals surface area contributed by atoms with Gasteiger partial charge in [-0.15, -0.1) is 11.3 Å². The Hall–Kier alpha value is -3.26. The number of ether oxygens (including phenoxy) is 1. The second kappa shape index (κ2) is 10.6. The van der Waals surface area contributed by atoms with Gasteiger partial charge in [-0.3, -0.25) is 9.59 Å². The predicted octanol–water partition coefficient (Wildman–Crippen LogP) is 3.95. The first-order chi connectivity index (χ1) is 15.7. The number of fused-ring (bicyclic) bond motifs is 1. The van der Waals surface area contributed by atoms with Crippen molar-refractivity contribution in [2.45, 2.75) is 46.4 Å². The fraction of sp³-hybridized carbons (Fsp3) is 0.360. The summed E-state index contributed by atoms with van der Waals surface area (Å²) in [4.78, 5) is 44.2. The van der Waals surface area contributed by atoms with Gasteiger partial charge in [-0.1, -0.05) is 43.7 Å². The van der Waals surface area contributed by atoms with Crippen molar-refractivity contribution in [3.63, 3.8) is 0 Å². The van der Waals surface area contributed by atoms with Crippen molar-refractivity contribution in [1.29, 1.82) is 0 Å². The molecular weight excluding hydrogens is 438 g/mol. The van der Waals surface area contributed by atoms with Gasteiger partial charge in [0, 0.05) is 12.6 Å². The first-order valence-electron chi connectivity index (χ1n) is 10.8. The number of thiazole rings is 1. The van der Waals surface area contributed by atoms with Crippen LogP contribution in [0.15, 0.2) is 48.5 Å². The van der Waals surface area contributed by atoms with Gasteiger partial charge in [-0.2, -0.15) is 0 Å². The van der Waals surface area contributed by atoms with Crippen molar-refractivity contribution in [3.8, 4) is 0 Å². The molecule has 3 rings (SSSR count). The molecule has 3 aromatic rings. The summed E-state index contributed by atoms with van der Waals surface area (Å²) in [6.07, 6.45) is -0.991. The molecule has 2 atom stereocenters. The highest BCUT2D eigenvalue weighted by atomic mass is 32.1. The van der Waals surface area contributed by atoms with Gasteiger partial charge < -0.3 is 15.0 Å². The zero-order valence-electron chi connectivity index (χ0n) is 19.5. The molecule has 8 heteroatoms. The molecule has 0 bridgehead atoms. The third-order valence-corrected chi connectivity index (χ3v) is 6.27. The Balaban J connectivity index is 1.60. The molecule has 0 fully saturated rings. The highest BCUT2D eigenvalue weighted by Gasteiger charge is 2.30. The van der Waals surface area contributed by atoms with Crippen molar-refractivity contribution in [2.24, 2.45) is 5.92 Å². The van der Waals surface area contributed by atoms with Gasteiger partial charge in [-0.25, -0.2) is 9.78 Å². The van der Waals surface area contributed by atoms with Gasteiger partial charge in [0.2, 0.25) is 0 Å². The first-order valence-corrected chi connectivity index (χ1v) is 11.6. The number of carbonyl (C=O) groups is 3. The Kier molecular flexibility index (Phi) is 7.81. The number of likely N-dealkylation sites (N-methyl/N-ethyl adjacent to an activating group) is 1. The third kappa shape index (κ3) is 6.16. The van der Waals surface area contributed by atoms with Crippen molar-refractivity contribution in [1.82, 2.24) is 15.2 Å². The molecule has 2 aromatic carbocycles. The van der Waals surface area contributed by atoms with Crippen LogP contribution in [0.5, 0.6) is 0 Å². The summed E-state index contributed by atoms with van der Waals surface area (Å²) >= 11 is 1.52. The molecule has 7 nitrogen and oxygen atoms in total. The number of rotatable bonds is 8. The minimum Gasteiger partial charge on any atom is -0.451 e. The van der Waals surface area contributed by atoms with Gasteiger partial charge in [0.05, 0.1) is 16.8 Å². The van der Waals surface area contributed by atoms with Gasteiger partial charge in [-0.05, 0) is 44.0 Å². The van der Waals surface area contributed by atoms with Crippen LogP contribution in [0.1, 0.15) is 41.7 Å². The average molecular weight is 468 g/mol. The van der Waals surface area contributed by atoms with Gasteiger partial charge in [0.1, 0.15) is 11.0 Å². The number of esters is 1. The first kappa shape index (κ1) is 24.4.